The number of anilines is 2. The number of nitrogens with zero attached hydrogens (tertiary/aromatic N) is 4. The number of rotatable bonds is 3. The van der Waals surface area contributed by atoms with Crippen LogP contribution in [0.4, 0.5) is 17.2 Å². The number of aryl methyl sites for hydroxylation is 2. The highest BCUT2D eigenvalue weighted by Crippen LogP contribution is 2.62. The number of allylic oxidation sites excluding steroid dienone is 2. The monoisotopic (exact) mass is 523 g/mol. The Morgan fingerprint density at radius 1 is 0.892 bits per heavy atom. The smallest absolute Gasteiger partial charge is 0.166 e. The fourth-order valence-electron chi connectivity index (χ4n) is 5.65. The molecule has 0 radical (unpaired) electrons. The van der Waals surface area contributed by atoms with E-state index in [0.29, 0.717) is 0 Å². The first-order valence-corrected chi connectivity index (χ1v) is 15.3. The van der Waals surface area contributed by atoms with Crippen molar-refractivity contribution < 1.29 is 0 Å². The Morgan fingerprint density at radius 2 is 1.57 bits per heavy atom. The summed E-state index contributed by atoms with van der Waals surface area (Å²) in [5.74, 6) is 0.812. The summed E-state index contributed by atoms with van der Waals surface area (Å²) in [6, 6.07) is 27.3. The van der Waals surface area contributed by atoms with Crippen LogP contribution >= 0.6 is 6.19 Å². The molecule has 5 nitrogen and oxygen atoms in total. The molecule has 7 heteroatoms. The Morgan fingerprint density at radius 3 is 2.27 bits per heavy atom. The van der Waals surface area contributed by atoms with Crippen LogP contribution in [-0.2, 0) is 17.2 Å². The van der Waals surface area contributed by atoms with E-state index < -0.39 is 6.19 Å². The highest BCUT2D eigenvalue weighted by Gasteiger charge is 2.45. The number of para-hydroxylation sites is 2. The van der Waals surface area contributed by atoms with Gasteiger partial charge in [0.15, 0.2) is 5.82 Å². The standard InChI is InChI=1S/C30H30N5PS/c1-20-15-17-22(18-16-20)33-36(37)26(28-30(3,4)24-13-9-10-14-25(24)34(28)5)19-31-29-27(36)21(2)32-35(29)23-11-7-6-8-12-23/h6-19H,1-5H3,(H,33,37)/b28-26+. The number of fused-ring (bicyclic) bond motifs is 2. The topological polar surface area (TPSA) is 45.4 Å². The van der Waals surface area contributed by atoms with Crippen LogP contribution in [0, 0.1) is 13.8 Å². The SMILES string of the molecule is Cc1ccc(NP2(=S)/C(=C3/N(C)c4ccccc4C3(C)C)C=Nc3c2c(C)nn3-c2ccccc2)cc1. The second-order valence-electron chi connectivity index (χ2n) is 10.3. The van der Waals surface area contributed by atoms with E-state index in [1.807, 2.05) is 29.1 Å². The zero-order valence-electron chi connectivity index (χ0n) is 21.7. The van der Waals surface area contributed by atoms with Gasteiger partial charge in [-0.2, -0.15) is 5.10 Å². The minimum atomic E-state index is -2.59. The molecule has 2 aliphatic heterocycles. The van der Waals surface area contributed by atoms with Crippen LogP contribution in [0.15, 0.2) is 94.9 Å². The van der Waals surface area contributed by atoms with E-state index in [0.717, 1.165) is 33.5 Å². The first kappa shape index (κ1) is 23.9. The van der Waals surface area contributed by atoms with Gasteiger partial charge in [0.1, 0.15) is 0 Å². The molecule has 0 fully saturated rings. The van der Waals surface area contributed by atoms with Crippen molar-refractivity contribution in [2.24, 2.45) is 4.99 Å². The van der Waals surface area contributed by atoms with Crippen LogP contribution in [0.5, 0.6) is 0 Å². The first-order valence-electron chi connectivity index (χ1n) is 12.4. The van der Waals surface area contributed by atoms with Gasteiger partial charge >= 0.3 is 0 Å². The summed E-state index contributed by atoms with van der Waals surface area (Å²) in [6.45, 7) is 8.72. The number of nitrogens with one attached hydrogen (secondary N) is 1. The van der Waals surface area contributed by atoms with Gasteiger partial charge in [0.05, 0.1) is 22.9 Å². The molecule has 1 N–H and O–H groups in total. The highest BCUT2D eigenvalue weighted by molar-refractivity contribution is 8.21. The summed E-state index contributed by atoms with van der Waals surface area (Å²) in [7, 11) is 2.14. The second-order valence-corrected chi connectivity index (χ2v) is 14.3. The second kappa shape index (κ2) is 8.54. The largest absolute Gasteiger partial charge is 0.351 e. The Labute approximate surface area is 223 Å². The van der Waals surface area contributed by atoms with Crippen LogP contribution < -0.4 is 15.3 Å². The summed E-state index contributed by atoms with van der Waals surface area (Å²) >= 11 is 6.77. The average molecular weight is 524 g/mol. The van der Waals surface area contributed by atoms with Gasteiger partial charge < -0.3 is 9.99 Å². The fraction of sp³-hybridized carbons (Fsp3) is 0.200. The number of aromatic nitrogens is 2. The summed E-state index contributed by atoms with van der Waals surface area (Å²) < 4.78 is 1.93. The number of likely N-dealkylation sites (N-methyl/N-ethyl adjacent to an activating group) is 1. The van der Waals surface area contributed by atoms with E-state index in [9.17, 15) is 0 Å². The van der Waals surface area contributed by atoms with Gasteiger partial charge in [-0.15, -0.1) is 0 Å². The molecule has 0 aliphatic carbocycles. The number of aliphatic imine (C=N–C) groups is 1. The summed E-state index contributed by atoms with van der Waals surface area (Å²) in [5, 5.41) is 10.9. The third-order valence-corrected chi connectivity index (χ3v) is 11.6. The Bertz CT molecular complexity index is 1630. The lowest BCUT2D eigenvalue weighted by Crippen LogP contribution is -2.29. The fourth-order valence-corrected chi connectivity index (χ4v) is 9.88. The Balaban J connectivity index is 1.63. The highest BCUT2D eigenvalue weighted by atomic mass is 32.4. The third-order valence-electron chi connectivity index (χ3n) is 7.42. The van der Waals surface area contributed by atoms with Gasteiger partial charge in [0.25, 0.3) is 0 Å². The van der Waals surface area contributed by atoms with Crippen molar-refractivity contribution in [3.63, 3.8) is 0 Å². The van der Waals surface area contributed by atoms with Gasteiger partial charge in [-0.25, -0.2) is 9.67 Å². The predicted molar refractivity (Wildman–Crippen MR) is 160 cm³/mol. The summed E-state index contributed by atoms with van der Waals surface area (Å²) in [5.41, 5.74) is 7.58. The normalized spacial score (nSPS) is 21.6. The van der Waals surface area contributed by atoms with Crippen molar-refractivity contribution in [2.45, 2.75) is 33.1 Å². The van der Waals surface area contributed by atoms with Crippen molar-refractivity contribution in [3.8, 4) is 5.69 Å². The van der Waals surface area contributed by atoms with Crippen LogP contribution in [0.2, 0.25) is 0 Å². The van der Waals surface area contributed by atoms with E-state index >= 15 is 0 Å². The molecule has 6 rings (SSSR count). The maximum atomic E-state index is 6.77. The lowest BCUT2D eigenvalue weighted by Gasteiger charge is -2.35. The molecule has 1 atom stereocenters. The Kier molecular flexibility index (Phi) is 5.52. The van der Waals surface area contributed by atoms with Gasteiger partial charge in [-0.05, 0) is 49.7 Å². The van der Waals surface area contributed by atoms with Gasteiger partial charge in [0, 0.05) is 41.1 Å². The third kappa shape index (κ3) is 3.62. The molecule has 0 spiro atoms. The van der Waals surface area contributed by atoms with Crippen LogP contribution in [-0.4, -0.2) is 23.0 Å². The lowest BCUT2D eigenvalue weighted by molar-refractivity contribution is 0.639. The zero-order valence-corrected chi connectivity index (χ0v) is 23.4. The molecule has 0 bridgehead atoms. The minimum absolute atomic E-state index is 0.230. The molecule has 1 unspecified atom stereocenters. The lowest BCUT2D eigenvalue weighted by atomic mass is 9.84. The average Bonchev–Trinajstić information content (AvgIpc) is 3.34. The van der Waals surface area contributed by atoms with Crippen molar-refractivity contribution >= 4 is 46.7 Å². The molecule has 0 saturated carbocycles. The minimum Gasteiger partial charge on any atom is -0.351 e. The van der Waals surface area contributed by atoms with Crippen LogP contribution in [0.1, 0.15) is 30.7 Å². The number of hydrogen-bond acceptors (Lipinski definition) is 4. The Hall–Kier alpha value is -3.47. The van der Waals surface area contributed by atoms with Crippen LogP contribution in [0.25, 0.3) is 5.69 Å². The number of benzene rings is 3. The van der Waals surface area contributed by atoms with Gasteiger partial charge in [-0.1, -0.05) is 79.7 Å². The molecular weight excluding hydrogens is 493 g/mol. The first-order chi connectivity index (χ1) is 17.7. The molecule has 4 aromatic rings. The van der Waals surface area contributed by atoms with Crippen molar-refractivity contribution in [1.82, 2.24) is 9.78 Å². The number of hydrogen-bond donors (Lipinski definition) is 1. The van der Waals surface area contributed by atoms with Crippen LogP contribution in [0.3, 0.4) is 0 Å². The molecule has 1 aromatic heterocycles. The maximum absolute atomic E-state index is 6.77. The van der Waals surface area contributed by atoms with Crippen molar-refractivity contribution in [3.05, 3.63) is 107 Å². The van der Waals surface area contributed by atoms with E-state index in [4.69, 9.17) is 21.9 Å². The maximum Gasteiger partial charge on any atom is 0.166 e. The molecule has 2 aliphatic rings. The molecule has 0 saturated heterocycles. The quantitative estimate of drug-likeness (QED) is 0.295. The zero-order chi connectivity index (χ0) is 25.9. The van der Waals surface area contributed by atoms with Gasteiger partial charge in [0.2, 0.25) is 0 Å². The molecule has 186 valence electrons. The van der Waals surface area contributed by atoms with E-state index in [2.05, 4.69) is 105 Å². The van der Waals surface area contributed by atoms with E-state index in [1.54, 1.807) is 0 Å². The predicted octanol–water partition coefficient (Wildman–Crippen LogP) is 6.98. The van der Waals surface area contributed by atoms with E-state index in [-0.39, 0.29) is 5.41 Å². The molecule has 3 heterocycles. The molecule has 3 aromatic carbocycles. The van der Waals surface area contributed by atoms with Crippen molar-refractivity contribution in [2.75, 3.05) is 17.0 Å². The molecular formula is C30H30N5PS. The van der Waals surface area contributed by atoms with Crippen molar-refractivity contribution in [1.29, 1.82) is 0 Å². The van der Waals surface area contributed by atoms with Gasteiger partial charge in [-0.3, -0.25) is 0 Å². The summed E-state index contributed by atoms with van der Waals surface area (Å²) in [6.07, 6.45) is -0.590. The summed E-state index contributed by atoms with van der Waals surface area (Å²) in [4.78, 5) is 7.34. The molecule has 0 amide bonds. The molecule has 37 heavy (non-hydrogen) atoms. The van der Waals surface area contributed by atoms with E-state index in [1.165, 1.54) is 22.5 Å².